The van der Waals surface area contributed by atoms with Gasteiger partial charge in [0.05, 0.1) is 5.69 Å². The fraction of sp³-hybridized carbons (Fsp3) is 0.733. The molecule has 1 aromatic rings. The van der Waals surface area contributed by atoms with Crippen molar-refractivity contribution < 1.29 is 4.79 Å². The fourth-order valence-electron chi connectivity index (χ4n) is 2.74. The highest BCUT2D eigenvalue weighted by atomic mass is 79.9. The number of carbonyl (C=O) groups is 1. The standard InChI is InChI=1S/C15H25BrN4O/c1-3-13-12-14(20(4-2)17-13)15(21)19-8-5-7-18(9-6-16)10-11-19/h12H,3-11H2,1-2H3. The molecule has 0 N–H and O–H groups in total. The van der Waals surface area contributed by atoms with E-state index in [-0.39, 0.29) is 5.91 Å². The predicted molar refractivity (Wildman–Crippen MR) is 88.0 cm³/mol. The molecule has 0 unspecified atom stereocenters. The summed E-state index contributed by atoms with van der Waals surface area (Å²) in [5, 5.41) is 5.47. The minimum atomic E-state index is 0.129. The van der Waals surface area contributed by atoms with Crippen molar-refractivity contribution >= 4 is 21.8 Å². The third-order valence-electron chi connectivity index (χ3n) is 3.99. The Hall–Kier alpha value is -0.880. The Morgan fingerprint density at radius 1 is 1.29 bits per heavy atom. The van der Waals surface area contributed by atoms with Gasteiger partial charge in [0, 0.05) is 38.1 Å². The maximum Gasteiger partial charge on any atom is 0.272 e. The van der Waals surface area contributed by atoms with Crippen LogP contribution in [0.2, 0.25) is 0 Å². The number of aromatic nitrogens is 2. The zero-order chi connectivity index (χ0) is 15.2. The number of nitrogens with zero attached hydrogens (tertiary/aromatic N) is 4. The van der Waals surface area contributed by atoms with Gasteiger partial charge in [-0.25, -0.2) is 0 Å². The molecular weight excluding hydrogens is 332 g/mol. The van der Waals surface area contributed by atoms with E-state index >= 15 is 0 Å². The maximum atomic E-state index is 12.8. The number of aryl methyl sites for hydroxylation is 2. The average molecular weight is 357 g/mol. The molecule has 1 aliphatic rings. The van der Waals surface area contributed by atoms with Crippen molar-refractivity contribution in [1.82, 2.24) is 19.6 Å². The second-order valence-corrected chi connectivity index (χ2v) is 6.16. The first-order valence-corrected chi connectivity index (χ1v) is 8.96. The van der Waals surface area contributed by atoms with Gasteiger partial charge >= 0.3 is 0 Å². The summed E-state index contributed by atoms with van der Waals surface area (Å²) in [6.07, 6.45) is 1.91. The van der Waals surface area contributed by atoms with Crippen molar-refractivity contribution in [1.29, 1.82) is 0 Å². The molecule has 0 spiro atoms. The van der Waals surface area contributed by atoms with Gasteiger partial charge in [0.1, 0.15) is 5.69 Å². The lowest BCUT2D eigenvalue weighted by Crippen LogP contribution is -2.36. The molecule has 0 atom stereocenters. The largest absolute Gasteiger partial charge is 0.336 e. The Morgan fingerprint density at radius 3 is 2.76 bits per heavy atom. The smallest absolute Gasteiger partial charge is 0.272 e. The van der Waals surface area contributed by atoms with E-state index < -0.39 is 0 Å². The number of halogens is 1. The molecule has 1 fully saturated rings. The number of alkyl halides is 1. The van der Waals surface area contributed by atoms with Gasteiger partial charge in [0.25, 0.3) is 5.91 Å². The molecular formula is C15H25BrN4O. The van der Waals surface area contributed by atoms with Crippen LogP contribution in [0.3, 0.4) is 0 Å². The summed E-state index contributed by atoms with van der Waals surface area (Å²) < 4.78 is 1.84. The lowest BCUT2D eigenvalue weighted by atomic mass is 10.2. The van der Waals surface area contributed by atoms with Crippen LogP contribution in [0, 0.1) is 0 Å². The summed E-state index contributed by atoms with van der Waals surface area (Å²) in [6, 6.07) is 1.95. The molecule has 0 bridgehead atoms. The van der Waals surface area contributed by atoms with Crippen LogP contribution in [0.5, 0.6) is 0 Å². The topological polar surface area (TPSA) is 41.4 Å². The molecule has 0 saturated carbocycles. The van der Waals surface area contributed by atoms with Crippen molar-refractivity contribution in [3.05, 3.63) is 17.5 Å². The molecule has 5 nitrogen and oxygen atoms in total. The lowest BCUT2D eigenvalue weighted by Gasteiger charge is -2.21. The molecule has 0 aromatic carbocycles. The van der Waals surface area contributed by atoms with Crippen LogP contribution < -0.4 is 0 Å². The third kappa shape index (κ3) is 4.07. The van der Waals surface area contributed by atoms with E-state index in [1.807, 2.05) is 22.6 Å². The molecule has 1 aliphatic heterocycles. The van der Waals surface area contributed by atoms with Crippen molar-refractivity contribution in [3.8, 4) is 0 Å². The van der Waals surface area contributed by atoms with Crippen LogP contribution >= 0.6 is 15.9 Å². The minimum Gasteiger partial charge on any atom is -0.336 e. The van der Waals surface area contributed by atoms with E-state index in [0.717, 1.165) is 68.8 Å². The number of hydrogen-bond acceptors (Lipinski definition) is 3. The van der Waals surface area contributed by atoms with Crippen molar-refractivity contribution in [2.45, 2.75) is 33.2 Å². The molecule has 2 heterocycles. The van der Waals surface area contributed by atoms with Crippen LogP contribution in [0.1, 0.15) is 36.5 Å². The van der Waals surface area contributed by atoms with Gasteiger partial charge in [-0.2, -0.15) is 5.10 Å². The van der Waals surface area contributed by atoms with Crippen molar-refractivity contribution in [2.75, 3.05) is 38.1 Å². The van der Waals surface area contributed by atoms with E-state index in [2.05, 4.69) is 32.9 Å². The number of rotatable bonds is 5. The lowest BCUT2D eigenvalue weighted by molar-refractivity contribution is 0.0749. The van der Waals surface area contributed by atoms with Gasteiger partial charge < -0.3 is 9.80 Å². The molecule has 21 heavy (non-hydrogen) atoms. The van der Waals surface area contributed by atoms with Gasteiger partial charge in [-0.3, -0.25) is 9.48 Å². The van der Waals surface area contributed by atoms with Crippen molar-refractivity contribution in [2.24, 2.45) is 0 Å². The summed E-state index contributed by atoms with van der Waals surface area (Å²) >= 11 is 3.49. The Balaban J connectivity index is 2.07. The molecule has 1 saturated heterocycles. The highest BCUT2D eigenvalue weighted by Gasteiger charge is 2.23. The minimum absolute atomic E-state index is 0.129. The Bertz CT molecular complexity index is 474. The van der Waals surface area contributed by atoms with Crippen LogP contribution in [0.25, 0.3) is 0 Å². The SMILES string of the molecule is CCc1cc(C(=O)N2CCCN(CCBr)CC2)n(CC)n1. The highest BCUT2D eigenvalue weighted by molar-refractivity contribution is 9.09. The maximum absolute atomic E-state index is 12.8. The first kappa shape index (κ1) is 16.5. The molecule has 0 aliphatic carbocycles. The fourth-order valence-corrected chi connectivity index (χ4v) is 3.24. The Kier molecular flexibility index (Phi) is 6.23. The molecule has 118 valence electrons. The van der Waals surface area contributed by atoms with Crippen LogP contribution in [-0.4, -0.2) is 63.5 Å². The van der Waals surface area contributed by atoms with E-state index in [0.29, 0.717) is 0 Å². The second kappa shape index (κ2) is 7.94. The normalized spacial score (nSPS) is 17.0. The van der Waals surface area contributed by atoms with E-state index in [9.17, 15) is 4.79 Å². The van der Waals surface area contributed by atoms with Gasteiger partial charge in [-0.1, -0.05) is 22.9 Å². The van der Waals surface area contributed by atoms with Crippen molar-refractivity contribution in [3.63, 3.8) is 0 Å². The second-order valence-electron chi connectivity index (χ2n) is 5.37. The number of hydrogen-bond donors (Lipinski definition) is 0. The summed E-state index contributed by atoms with van der Waals surface area (Å²) in [6.45, 7) is 9.57. The van der Waals surface area contributed by atoms with Gasteiger partial charge in [-0.15, -0.1) is 0 Å². The molecule has 6 heteroatoms. The van der Waals surface area contributed by atoms with E-state index in [1.165, 1.54) is 0 Å². The summed E-state index contributed by atoms with van der Waals surface area (Å²) in [5.41, 5.74) is 1.74. The highest BCUT2D eigenvalue weighted by Crippen LogP contribution is 2.12. The van der Waals surface area contributed by atoms with Gasteiger partial charge in [-0.05, 0) is 32.4 Å². The number of amides is 1. The molecule has 0 radical (unpaired) electrons. The Morgan fingerprint density at radius 2 is 2.10 bits per heavy atom. The van der Waals surface area contributed by atoms with E-state index in [4.69, 9.17) is 0 Å². The first-order valence-electron chi connectivity index (χ1n) is 7.83. The summed E-state index contributed by atoms with van der Waals surface area (Å²) in [5.74, 6) is 0.129. The Labute approximate surface area is 135 Å². The molecule has 2 rings (SSSR count). The average Bonchev–Trinajstić information content (AvgIpc) is 2.79. The molecule has 1 amide bonds. The van der Waals surface area contributed by atoms with E-state index in [1.54, 1.807) is 0 Å². The summed E-state index contributed by atoms with van der Waals surface area (Å²) in [7, 11) is 0. The van der Waals surface area contributed by atoms with Gasteiger partial charge in [0.2, 0.25) is 0 Å². The molecule has 1 aromatic heterocycles. The van der Waals surface area contributed by atoms with Crippen LogP contribution in [-0.2, 0) is 13.0 Å². The zero-order valence-corrected chi connectivity index (χ0v) is 14.6. The van der Waals surface area contributed by atoms with Crippen LogP contribution in [0.4, 0.5) is 0 Å². The quantitative estimate of drug-likeness (QED) is 0.757. The summed E-state index contributed by atoms with van der Waals surface area (Å²) in [4.78, 5) is 17.2. The van der Waals surface area contributed by atoms with Crippen LogP contribution in [0.15, 0.2) is 6.07 Å². The van der Waals surface area contributed by atoms with Gasteiger partial charge in [0.15, 0.2) is 0 Å². The third-order valence-corrected chi connectivity index (χ3v) is 4.34. The zero-order valence-electron chi connectivity index (χ0n) is 13.0. The predicted octanol–water partition coefficient (Wildman–Crippen LogP) is 2.01. The number of carbonyl (C=O) groups excluding carboxylic acids is 1. The first-order chi connectivity index (χ1) is 10.2. The monoisotopic (exact) mass is 356 g/mol.